The van der Waals surface area contributed by atoms with Gasteiger partial charge in [0.2, 0.25) is 0 Å². The summed E-state index contributed by atoms with van der Waals surface area (Å²) in [6.45, 7) is -0.799. The van der Waals surface area contributed by atoms with Gasteiger partial charge in [0.1, 0.15) is 30.2 Å². The molecule has 0 fully saturated rings. The number of hydrazone groups is 1. The van der Waals surface area contributed by atoms with E-state index in [9.17, 15) is 25.2 Å². The maximum Gasteiger partial charge on any atom is 0.275 e. The number of amides is 1. The van der Waals surface area contributed by atoms with Crippen LogP contribution in [-0.2, 0) is 0 Å². The van der Waals surface area contributed by atoms with E-state index in [1.165, 1.54) is 24.3 Å². The number of phenolic OH excluding ortho intramolecular Hbond substituents is 1. The number of phenols is 1. The zero-order valence-corrected chi connectivity index (χ0v) is 11.4. The van der Waals surface area contributed by atoms with Gasteiger partial charge in [0, 0.05) is 0 Å². The van der Waals surface area contributed by atoms with E-state index in [0.717, 1.165) is 6.21 Å². The molecule has 9 nitrogen and oxygen atoms in total. The highest BCUT2D eigenvalue weighted by molar-refractivity contribution is 5.96. The van der Waals surface area contributed by atoms with Crippen molar-refractivity contribution < 1.29 is 35.4 Å². The van der Waals surface area contributed by atoms with Crippen molar-refractivity contribution in [2.45, 2.75) is 24.4 Å². The van der Waals surface area contributed by atoms with Crippen LogP contribution < -0.4 is 5.43 Å². The van der Waals surface area contributed by atoms with Gasteiger partial charge >= 0.3 is 0 Å². The standard InChI is InChI=1S/C13H18N2O7/c16-6-10(19)12(21)11(20)9(18)5-14-15-13(22)7-3-1-2-4-8(7)17/h1-5,9-12,16-21H,6H2,(H,15,22)/b14-5+. The fourth-order valence-electron chi connectivity index (χ4n) is 1.52. The van der Waals surface area contributed by atoms with E-state index < -0.39 is 36.9 Å². The molecule has 1 amide bonds. The van der Waals surface area contributed by atoms with Crippen LogP contribution in [0.5, 0.6) is 5.75 Å². The molecule has 0 radical (unpaired) electrons. The molecule has 4 unspecified atom stereocenters. The average molecular weight is 314 g/mol. The monoisotopic (exact) mass is 314 g/mol. The Morgan fingerprint density at radius 1 is 1.18 bits per heavy atom. The molecule has 0 bridgehead atoms. The highest BCUT2D eigenvalue weighted by atomic mass is 16.4. The number of nitrogens with zero attached hydrogens (tertiary/aromatic N) is 1. The molecule has 1 aromatic rings. The van der Waals surface area contributed by atoms with Gasteiger partial charge in [-0.05, 0) is 12.1 Å². The largest absolute Gasteiger partial charge is 0.507 e. The van der Waals surface area contributed by atoms with Crippen molar-refractivity contribution in [1.82, 2.24) is 5.43 Å². The van der Waals surface area contributed by atoms with Crippen molar-refractivity contribution in [2.75, 3.05) is 6.61 Å². The van der Waals surface area contributed by atoms with Crippen LogP contribution in [0.15, 0.2) is 29.4 Å². The van der Waals surface area contributed by atoms with Crippen LogP contribution in [0.1, 0.15) is 10.4 Å². The normalized spacial score (nSPS) is 17.0. The number of carbonyl (C=O) groups excluding carboxylic acids is 1. The second kappa shape index (κ2) is 8.41. The minimum Gasteiger partial charge on any atom is -0.507 e. The van der Waals surface area contributed by atoms with Crippen molar-refractivity contribution >= 4 is 12.1 Å². The molecule has 9 heteroatoms. The van der Waals surface area contributed by atoms with E-state index in [4.69, 9.17) is 10.2 Å². The van der Waals surface area contributed by atoms with Gasteiger partial charge in [0.05, 0.1) is 18.4 Å². The molecule has 0 spiro atoms. The van der Waals surface area contributed by atoms with Gasteiger partial charge in [0.25, 0.3) is 5.91 Å². The number of hydrogen-bond acceptors (Lipinski definition) is 8. The zero-order valence-electron chi connectivity index (χ0n) is 11.4. The summed E-state index contributed by atoms with van der Waals surface area (Å²) >= 11 is 0. The first-order valence-corrected chi connectivity index (χ1v) is 6.33. The lowest BCUT2D eigenvalue weighted by Crippen LogP contribution is -2.46. The fourth-order valence-corrected chi connectivity index (χ4v) is 1.52. The van der Waals surface area contributed by atoms with E-state index in [-0.39, 0.29) is 11.3 Å². The van der Waals surface area contributed by atoms with Crippen LogP contribution in [0.2, 0.25) is 0 Å². The lowest BCUT2D eigenvalue weighted by Gasteiger charge is -2.23. The van der Waals surface area contributed by atoms with Gasteiger partial charge in [-0.3, -0.25) is 4.79 Å². The van der Waals surface area contributed by atoms with Crippen LogP contribution >= 0.6 is 0 Å². The van der Waals surface area contributed by atoms with Crippen molar-refractivity contribution in [3.63, 3.8) is 0 Å². The summed E-state index contributed by atoms with van der Waals surface area (Å²) in [4.78, 5) is 11.7. The number of aliphatic hydroxyl groups excluding tert-OH is 5. The summed E-state index contributed by atoms with van der Waals surface area (Å²) < 4.78 is 0. The highest BCUT2D eigenvalue weighted by Gasteiger charge is 2.29. The van der Waals surface area contributed by atoms with Crippen LogP contribution in [0.25, 0.3) is 0 Å². The van der Waals surface area contributed by atoms with E-state index in [1.54, 1.807) is 0 Å². The predicted molar refractivity (Wildman–Crippen MR) is 75.2 cm³/mol. The summed E-state index contributed by atoms with van der Waals surface area (Å²) in [5, 5.41) is 59.0. The molecule has 4 atom stereocenters. The summed E-state index contributed by atoms with van der Waals surface area (Å²) in [6.07, 6.45) is -6.20. The lowest BCUT2D eigenvalue weighted by molar-refractivity contribution is -0.0999. The van der Waals surface area contributed by atoms with Gasteiger partial charge in [0.15, 0.2) is 0 Å². The van der Waals surface area contributed by atoms with E-state index in [0.29, 0.717) is 0 Å². The quantitative estimate of drug-likeness (QED) is 0.217. The summed E-state index contributed by atoms with van der Waals surface area (Å²) in [5.41, 5.74) is 1.98. The number of aromatic hydroxyl groups is 1. The van der Waals surface area contributed by atoms with E-state index >= 15 is 0 Å². The summed E-state index contributed by atoms with van der Waals surface area (Å²) in [5.74, 6) is -0.996. The third-order valence-electron chi connectivity index (χ3n) is 2.82. The Kier molecular flexibility index (Phi) is 6.89. The molecule has 0 aliphatic rings. The third-order valence-corrected chi connectivity index (χ3v) is 2.82. The van der Waals surface area contributed by atoms with Crippen molar-refractivity contribution in [3.8, 4) is 5.75 Å². The maximum atomic E-state index is 11.7. The first kappa shape index (κ1) is 18.0. The van der Waals surface area contributed by atoms with E-state index in [2.05, 4.69) is 5.10 Å². The number of aliphatic hydroxyl groups is 5. The predicted octanol–water partition coefficient (Wildman–Crippen LogP) is -2.46. The minimum atomic E-state index is -1.81. The first-order chi connectivity index (χ1) is 10.4. The Hall–Kier alpha value is -2.04. The Bertz CT molecular complexity index is 523. The second-order valence-corrected chi connectivity index (χ2v) is 4.46. The molecule has 1 rings (SSSR count). The molecule has 0 aliphatic carbocycles. The molecule has 0 heterocycles. The van der Waals surface area contributed by atoms with Gasteiger partial charge in [-0.1, -0.05) is 12.1 Å². The molecule has 0 aromatic heterocycles. The lowest BCUT2D eigenvalue weighted by atomic mass is 10.0. The second-order valence-electron chi connectivity index (χ2n) is 4.46. The topological polar surface area (TPSA) is 163 Å². The Balaban J connectivity index is 2.58. The van der Waals surface area contributed by atoms with Crippen molar-refractivity contribution in [3.05, 3.63) is 29.8 Å². The van der Waals surface area contributed by atoms with Crippen molar-refractivity contribution in [2.24, 2.45) is 5.10 Å². The summed E-state index contributed by atoms with van der Waals surface area (Å²) in [7, 11) is 0. The Labute approximate surface area is 125 Å². The molecule has 1 aromatic carbocycles. The van der Waals surface area contributed by atoms with Gasteiger partial charge in [-0.2, -0.15) is 5.10 Å². The highest BCUT2D eigenvalue weighted by Crippen LogP contribution is 2.14. The average Bonchev–Trinajstić information content (AvgIpc) is 2.52. The van der Waals surface area contributed by atoms with Crippen molar-refractivity contribution in [1.29, 1.82) is 0 Å². The van der Waals surface area contributed by atoms with Crippen LogP contribution in [-0.4, -0.2) is 73.8 Å². The third kappa shape index (κ3) is 4.76. The molecule has 7 N–H and O–H groups in total. The number of carbonyl (C=O) groups is 1. The number of nitrogens with one attached hydrogen (secondary N) is 1. The van der Waals surface area contributed by atoms with Crippen LogP contribution in [0.3, 0.4) is 0 Å². The van der Waals surface area contributed by atoms with E-state index in [1.807, 2.05) is 5.43 Å². The van der Waals surface area contributed by atoms with Gasteiger partial charge in [-0.15, -0.1) is 0 Å². The molecule has 0 saturated carbocycles. The molecular formula is C13H18N2O7. The molecule has 122 valence electrons. The molecule has 22 heavy (non-hydrogen) atoms. The van der Waals surface area contributed by atoms with Gasteiger partial charge in [-0.25, -0.2) is 5.43 Å². The minimum absolute atomic E-state index is 0.0366. The SMILES string of the molecule is O=C(N/N=C/C(O)C(O)C(O)C(O)CO)c1ccccc1O. The fraction of sp³-hybridized carbons (Fsp3) is 0.385. The number of benzene rings is 1. The summed E-state index contributed by atoms with van der Waals surface area (Å²) in [6, 6.07) is 5.73. The first-order valence-electron chi connectivity index (χ1n) is 6.33. The Morgan fingerprint density at radius 3 is 2.41 bits per heavy atom. The molecular weight excluding hydrogens is 296 g/mol. The molecule has 0 saturated heterocycles. The zero-order chi connectivity index (χ0) is 16.7. The van der Waals surface area contributed by atoms with Crippen LogP contribution in [0, 0.1) is 0 Å². The van der Waals surface area contributed by atoms with Crippen LogP contribution in [0.4, 0.5) is 0 Å². The smallest absolute Gasteiger partial charge is 0.275 e. The number of para-hydroxylation sites is 1. The number of hydrogen-bond donors (Lipinski definition) is 7. The maximum absolute atomic E-state index is 11.7. The number of rotatable bonds is 7. The van der Waals surface area contributed by atoms with Gasteiger partial charge < -0.3 is 30.6 Å². The Morgan fingerprint density at radius 2 is 1.82 bits per heavy atom. The molecule has 0 aliphatic heterocycles.